The Morgan fingerprint density at radius 1 is 0.915 bits per heavy atom. The van der Waals surface area contributed by atoms with E-state index in [1.807, 2.05) is 32.9 Å². The van der Waals surface area contributed by atoms with Crippen LogP contribution in [0.25, 0.3) is 10.9 Å². The lowest BCUT2D eigenvalue weighted by Crippen LogP contribution is -2.51. The van der Waals surface area contributed by atoms with E-state index >= 15 is 0 Å². The highest BCUT2D eigenvalue weighted by Crippen LogP contribution is 2.33. The van der Waals surface area contributed by atoms with Crippen LogP contribution in [0.4, 0.5) is 23.7 Å². The lowest BCUT2D eigenvalue weighted by molar-refractivity contribution is -0.137. The molecule has 2 aromatic carbocycles. The number of fused-ring (bicyclic) bond motifs is 1. The minimum Gasteiger partial charge on any atom is -0.444 e. The maximum atomic E-state index is 13.4. The molecule has 3 heterocycles. The third kappa shape index (κ3) is 7.46. The van der Waals surface area contributed by atoms with Crippen molar-refractivity contribution >= 4 is 46.1 Å². The molecule has 2 aromatic heterocycles. The van der Waals surface area contributed by atoms with Crippen molar-refractivity contribution in [2.24, 2.45) is 7.05 Å². The zero-order chi connectivity index (χ0) is 34.3. The fourth-order valence-corrected chi connectivity index (χ4v) is 5.34. The molecule has 5 rings (SSSR count). The lowest BCUT2D eigenvalue weighted by Gasteiger charge is -2.35. The van der Waals surface area contributed by atoms with Gasteiger partial charge in [0, 0.05) is 57.8 Å². The second kappa shape index (κ2) is 12.8. The number of aromatic nitrogens is 2. The number of anilines is 1. The van der Waals surface area contributed by atoms with Gasteiger partial charge in [0.1, 0.15) is 17.0 Å². The van der Waals surface area contributed by atoms with E-state index < -0.39 is 29.3 Å². The fourth-order valence-electron chi connectivity index (χ4n) is 5.07. The number of carbonyl (C=O) groups excluding carboxylic acids is 3. The van der Waals surface area contributed by atoms with E-state index in [1.165, 1.54) is 18.1 Å². The van der Waals surface area contributed by atoms with Crippen molar-refractivity contribution in [3.63, 3.8) is 0 Å². The molecule has 1 fully saturated rings. The first-order valence-electron chi connectivity index (χ1n) is 14.7. The Morgan fingerprint density at radius 3 is 2.19 bits per heavy atom. The van der Waals surface area contributed by atoms with Crippen molar-refractivity contribution in [3.8, 4) is 11.6 Å². The highest BCUT2D eigenvalue weighted by atomic mass is 35.5. The molecule has 0 N–H and O–H groups in total. The number of hydrogen-bond acceptors (Lipinski definition) is 6. The average Bonchev–Trinajstić information content (AvgIpc) is 3.34. The van der Waals surface area contributed by atoms with Crippen LogP contribution < -0.4 is 9.64 Å². The molecular weight excluding hydrogens is 639 g/mol. The van der Waals surface area contributed by atoms with Crippen LogP contribution in [-0.4, -0.2) is 76.1 Å². The molecule has 1 saturated heterocycles. The number of benzene rings is 2. The number of amides is 3. The summed E-state index contributed by atoms with van der Waals surface area (Å²) in [5, 5.41) is 0.521. The first-order chi connectivity index (χ1) is 22.0. The van der Waals surface area contributed by atoms with Crippen LogP contribution in [-0.2, 0) is 18.0 Å². The molecule has 0 saturated carbocycles. The van der Waals surface area contributed by atoms with Crippen LogP contribution in [0, 0.1) is 0 Å². The van der Waals surface area contributed by atoms with Gasteiger partial charge in [-0.3, -0.25) is 9.59 Å². The van der Waals surface area contributed by atoms with Gasteiger partial charge in [0.15, 0.2) is 0 Å². The van der Waals surface area contributed by atoms with Crippen LogP contribution in [0.3, 0.4) is 0 Å². The smallest absolute Gasteiger partial charge is 0.416 e. The van der Waals surface area contributed by atoms with Gasteiger partial charge in [0.2, 0.25) is 5.88 Å². The molecule has 0 atom stereocenters. The molecule has 0 unspecified atom stereocenters. The molecule has 248 valence electrons. The standard InChI is InChI=1S/C33H33ClF3N5O5/c1-32(2,3)47-31(45)42-14-12-41(13-15-42)30(44)27-16-20-6-9-23(18-26(20)40(27)5)46-28-11-8-22(19-38-28)39(4)29(43)24-10-7-21(17-25(24)34)33(35,36)37/h6-11,16-19H,12-15H2,1-5H3. The molecule has 10 nitrogen and oxygen atoms in total. The topological polar surface area (TPSA) is 97.2 Å². The number of hydrogen-bond donors (Lipinski definition) is 0. The SMILES string of the molecule is CN(C(=O)c1ccc(C(F)(F)F)cc1Cl)c1ccc(Oc2ccc3cc(C(=O)N4CCN(C(=O)OC(C)(C)C)CC4)n(C)c3c2)nc1. The monoisotopic (exact) mass is 671 g/mol. The number of rotatable bonds is 5. The largest absolute Gasteiger partial charge is 0.444 e. The molecule has 0 aliphatic carbocycles. The Balaban J connectivity index is 1.24. The fraction of sp³-hybridized carbons (Fsp3) is 0.333. The summed E-state index contributed by atoms with van der Waals surface area (Å²) in [5.41, 5.74) is -0.00968. The van der Waals surface area contributed by atoms with E-state index in [1.54, 1.807) is 45.7 Å². The van der Waals surface area contributed by atoms with Crippen molar-refractivity contribution < 1.29 is 37.0 Å². The van der Waals surface area contributed by atoms with Gasteiger partial charge in [-0.2, -0.15) is 13.2 Å². The average molecular weight is 672 g/mol. The van der Waals surface area contributed by atoms with Crippen molar-refractivity contribution in [2.75, 3.05) is 38.1 Å². The first-order valence-corrected chi connectivity index (χ1v) is 15.0. The minimum atomic E-state index is -4.58. The summed E-state index contributed by atoms with van der Waals surface area (Å²) in [6, 6.07) is 12.9. The summed E-state index contributed by atoms with van der Waals surface area (Å²) >= 11 is 6.00. The maximum absolute atomic E-state index is 13.4. The van der Waals surface area contributed by atoms with Crippen LogP contribution >= 0.6 is 11.6 Å². The van der Waals surface area contributed by atoms with E-state index in [-0.39, 0.29) is 22.4 Å². The van der Waals surface area contributed by atoms with Crippen molar-refractivity contribution in [1.82, 2.24) is 19.4 Å². The Morgan fingerprint density at radius 2 is 1.60 bits per heavy atom. The van der Waals surface area contributed by atoms with Gasteiger partial charge in [0.25, 0.3) is 11.8 Å². The number of alkyl halides is 3. The minimum absolute atomic E-state index is 0.0840. The number of piperazine rings is 1. The van der Waals surface area contributed by atoms with E-state index in [0.717, 1.165) is 29.1 Å². The molecule has 0 radical (unpaired) electrons. The molecule has 1 aliphatic heterocycles. The van der Waals surface area contributed by atoms with Crippen molar-refractivity contribution in [3.05, 3.63) is 82.6 Å². The van der Waals surface area contributed by atoms with Gasteiger partial charge < -0.3 is 28.7 Å². The molecule has 14 heteroatoms. The van der Waals surface area contributed by atoms with E-state index in [4.69, 9.17) is 21.1 Å². The first kappa shape index (κ1) is 33.6. The Hall–Kier alpha value is -4.78. The van der Waals surface area contributed by atoms with Crippen LogP contribution in [0.1, 0.15) is 47.2 Å². The van der Waals surface area contributed by atoms with Gasteiger partial charge in [-0.15, -0.1) is 0 Å². The molecular formula is C33H33ClF3N5O5. The molecule has 0 bridgehead atoms. The van der Waals surface area contributed by atoms with Crippen LogP contribution in [0.2, 0.25) is 5.02 Å². The third-order valence-electron chi connectivity index (χ3n) is 7.62. The predicted molar refractivity (Wildman–Crippen MR) is 170 cm³/mol. The van der Waals surface area contributed by atoms with Gasteiger partial charge in [-0.1, -0.05) is 11.6 Å². The lowest BCUT2D eigenvalue weighted by atomic mass is 10.1. The normalized spacial score (nSPS) is 13.9. The van der Waals surface area contributed by atoms with Crippen LogP contribution in [0.5, 0.6) is 11.6 Å². The summed E-state index contributed by atoms with van der Waals surface area (Å²) in [4.78, 5) is 47.6. The highest BCUT2D eigenvalue weighted by molar-refractivity contribution is 6.34. The quantitative estimate of drug-likeness (QED) is 0.227. The van der Waals surface area contributed by atoms with Gasteiger partial charge in [0.05, 0.1) is 33.6 Å². The second-order valence-corrected chi connectivity index (χ2v) is 12.5. The van der Waals surface area contributed by atoms with Crippen molar-refractivity contribution in [1.29, 1.82) is 0 Å². The Kier molecular flexibility index (Phi) is 9.13. The summed E-state index contributed by atoms with van der Waals surface area (Å²) in [5.74, 6) is -0.0630. The number of ether oxygens (including phenoxy) is 2. The Labute approximate surface area is 274 Å². The summed E-state index contributed by atoms with van der Waals surface area (Å²) < 4.78 is 52.1. The number of halogens is 4. The third-order valence-corrected chi connectivity index (χ3v) is 7.93. The summed E-state index contributed by atoms with van der Waals surface area (Å²) in [6.45, 7) is 6.95. The second-order valence-electron chi connectivity index (χ2n) is 12.1. The van der Waals surface area contributed by atoms with Crippen LogP contribution in [0.15, 0.2) is 60.8 Å². The zero-order valence-electron chi connectivity index (χ0n) is 26.4. The number of aryl methyl sites for hydroxylation is 1. The summed E-state index contributed by atoms with van der Waals surface area (Å²) in [6.07, 6.45) is -3.58. The highest BCUT2D eigenvalue weighted by Gasteiger charge is 2.32. The maximum Gasteiger partial charge on any atom is 0.416 e. The number of carbonyl (C=O) groups is 3. The number of pyridine rings is 1. The molecule has 3 amide bonds. The molecule has 1 aliphatic rings. The van der Waals surface area contributed by atoms with E-state index in [2.05, 4.69) is 4.98 Å². The molecule has 47 heavy (non-hydrogen) atoms. The molecule has 4 aromatic rings. The predicted octanol–water partition coefficient (Wildman–Crippen LogP) is 7.01. The van der Waals surface area contributed by atoms with Crippen molar-refractivity contribution in [2.45, 2.75) is 32.5 Å². The Bertz CT molecular complexity index is 1830. The van der Waals surface area contributed by atoms with Gasteiger partial charge in [-0.25, -0.2) is 9.78 Å². The van der Waals surface area contributed by atoms with Gasteiger partial charge >= 0.3 is 12.3 Å². The van der Waals surface area contributed by atoms with Gasteiger partial charge in [-0.05, 0) is 63.2 Å². The summed E-state index contributed by atoms with van der Waals surface area (Å²) in [7, 11) is 3.25. The number of nitrogens with zero attached hydrogens (tertiary/aromatic N) is 5. The van der Waals surface area contributed by atoms with E-state index in [9.17, 15) is 27.6 Å². The molecule has 0 spiro atoms. The zero-order valence-corrected chi connectivity index (χ0v) is 27.1. The van der Waals surface area contributed by atoms with E-state index in [0.29, 0.717) is 43.3 Å².